The third kappa shape index (κ3) is 0.776. The number of fused-ring (bicyclic) bond motifs is 1. The minimum Gasteiger partial charge on any atom is -0.385 e. The lowest BCUT2D eigenvalue weighted by Gasteiger charge is -2.17. The summed E-state index contributed by atoms with van der Waals surface area (Å²) in [5.74, 6) is 1.39. The number of hydrogen-bond acceptors (Lipinski definition) is 1. The maximum absolute atomic E-state index is 9.97. The van der Waals surface area contributed by atoms with Gasteiger partial charge in [-0.05, 0) is 37.2 Å². The first-order valence-electron chi connectivity index (χ1n) is 4.89. The van der Waals surface area contributed by atoms with Crippen molar-refractivity contribution in [2.45, 2.75) is 31.3 Å². The molecule has 3 rings (SSSR count). The van der Waals surface area contributed by atoms with Crippen molar-refractivity contribution in [1.29, 1.82) is 0 Å². The molecule has 12 heavy (non-hydrogen) atoms. The average molecular weight is 162 g/mol. The predicted molar refractivity (Wildman–Crippen MR) is 47.6 cm³/mol. The van der Waals surface area contributed by atoms with E-state index in [2.05, 4.69) is 18.2 Å². The second-order valence-electron chi connectivity index (χ2n) is 4.38. The molecule has 0 bridgehead atoms. The van der Waals surface area contributed by atoms with Gasteiger partial charge in [0.05, 0.1) is 5.60 Å². The Hall–Kier alpha value is -0.560. The van der Waals surface area contributed by atoms with E-state index < -0.39 is 0 Å². The number of aliphatic hydroxyl groups is 1. The van der Waals surface area contributed by atoms with Crippen molar-refractivity contribution in [2.24, 2.45) is 11.8 Å². The molecule has 64 valence electrons. The van der Waals surface area contributed by atoms with Crippen LogP contribution < -0.4 is 0 Å². The highest BCUT2D eigenvalue weighted by atomic mass is 16.3. The summed E-state index contributed by atoms with van der Waals surface area (Å²) in [5.41, 5.74) is 0.968. The molecule has 0 radical (unpaired) electrons. The lowest BCUT2D eigenvalue weighted by atomic mass is 9.91. The first-order valence-corrected chi connectivity index (χ1v) is 4.89. The maximum atomic E-state index is 9.97. The van der Waals surface area contributed by atoms with E-state index in [0.29, 0.717) is 5.92 Å². The van der Waals surface area contributed by atoms with Crippen LogP contribution in [-0.2, 0) is 0 Å². The van der Waals surface area contributed by atoms with Crippen LogP contribution in [0.2, 0.25) is 0 Å². The molecule has 0 aromatic heterocycles. The zero-order valence-corrected chi connectivity index (χ0v) is 7.16. The van der Waals surface area contributed by atoms with Crippen LogP contribution in [-0.4, -0.2) is 10.7 Å². The second kappa shape index (κ2) is 2.02. The third-order valence-electron chi connectivity index (χ3n) is 3.55. The fraction of sp³-hybridized carbons (Fsp3) is 0.636. The first kappa shape index (κ1) is 6.90. The quantitative estimate of drug-likeness (QED) is 0.585. The summed E-state index contributed by atoms with van der Waals surface area (Å²) in [5, 5.41) is 9.97. The van der Waals surface area contributed by atoms with E-state index in [0.717, 1.165) is 18.8 Å². The molecule has 0 heterocycles. The summed E-state index contributed by atoms with van der Waals surface area (Å²) in [7, 11) is 0. The van der Waals surface area contributed by atoms with Crippen LogP contribution in [0.1, 0.15) is 25.7 Å². The Morgan fingerprint density at radius 3 is 2.92 bits per heavy atom. The molecule has 0 amide bonds. The Morgan fingerprint density at radius 1 is 1.33 bits per heavy atom. The van der Waals surface area contributed by atoms with Gasteiger partial charge in [0.15, 0.2) is 0 Å². The zero-order chi connectivity index (χ0) is 8.18. The van der Waals surface area contributed by atoms with Crippen molar-refractivity contribution < 1.29 is 5.11 Å². The highest BCUT2D eigenvalue weighted by Crippen LogP contribution is 2.52. The van der Waals surface area contributed by atoms with E-state index in [1.165, 1.54) is 18.4 Å². The summed E-state index contributed by atoms with van der Waals surface area (Å²) >= 11 is 0. The Balaban J connectivity index is 1.91. The molecule has 3 aliphatic carbocycles. The molecule has 0 aromatic carbocycles. The van der Waals surface area contributed by atoms with Gasteiger partial charge in [0.2, 0.25) is 0 Å². The minimum absolute atomic E-state index is 0.367. The van der Waals surface area contributed by atoms with E-state index >= 15 is 0 Å². The van der Waals surface area contributed by atoms with Crippen molar-refractivity contribution in [3.05, 3.63) is 23.8 Å². The van der Waals surface area contributed by atoms with Crippen LogP contribution in [0.3, 0.4) is 0 Å². The summed E-state index contributed by atoms with van der Waals surface area (Å²) in [4.78, 5) is 0. The predicted octanol–water partition coefficient (Wildman–Crippen LogP) is 2.03. The summed E-state index contributed by atoms with van der Waals surface area (Å²) in [6.45, 7) is 0. The van der Waals surface area contributed by atoms with Gasteiger partial charge in [-0.2, -0.15) is 0 Å². The minimum atomic E-state index is -0.367. The molecule has 1 N–H and O–H groups in total. The zero-order valence-electron chi connectivity index (χ0n) is 7.16. The van der Waals surface area contributed by atoms with Crippen LogP contribution in [0, 0.1) is 11.8 Å². The summed E-state index contributed by atoms with van der Waals surface area (Å²) in [6.07, 6.45) is 11.3. The Bertz CT molecular complexity index is 271. The average Bonchev–Trinajstić information content (AvgIpc) is 2.48. The molecule has 1 heteroatoms. The molecule has 1 saturated carbocycles. The standard InChI is InChI=1S/C11H14O/c12-11(6-7-11)10-5-4-8-2-1-3-9(8)10/h1,3,5,8-9,12H,2,4,6-7H2/t8-,9-/m1/s1. The largest absolute Gasteiger partial charge is 0.385 e. The topological polar surface area (TPSA) is 20.2 Å². The van der Waals surface area contributed by atoms with Crippen molar-refractivity contribution in [3.8, 4) is 0 Å². The SMILES string of the molecule is OC1(C2=CC[C@H]3CC=C[C@@H]23)CC1. The van der Waals surface area contributed by atoms with Gasteiger partial charge >= 0.3 is 0 Å². The van der Waals surface area contributed by atoms with E-state index in [9.17, 15) is 5.11 Å². The lowest BCUT2D eigenvalue weighted by molar-refractivity contribution is 0.177. The maximum Gasteiger partial charge on any atom is 0.0865 e. The van der Waals surface area contributed by atoms with E-state index in [-0.39, 0.29) is 5.60 Å². The smallest absolute Gasteiger partial charge is 0.0865 e. The third-order valence-corrected chi connectivity index (χ3v) is 3.55. The van der Waals surface area contributed by atoms with Gasteiger partial charge in [0.25, 0.3) is 0 Å². The van der Waals surface area contributed by atoms with Gasteiger partial charge in [-0.1, -0.05) is 18.2 Å². The van der Waals surface area contributed by atoms with Gasteiger partial charge in [-0.25, -0.2) is 0 Å². The van der Waals surface area contributed by atoms with Crippen LogP contribution in [0.25, 0.3) is 0 Å². The normalized spacial score (nSPS) is 41.2. The molecule has 3 aliphatic rings. The number of rotatable bonds is 1. The molecule has 1 fully saturated rings. The van der Waals surface area contributed by atoms with Gasteiger partial charge in [-0.3, -0.25) is 0 Å². The highest BCUT2D eigenvalue weighted by molar-refractivity contribution is 5.36. The van der Waals surface area contributed by atoms with Crippen molar-refractivity contribution in [3.63, 3.8) is 0 Å². The van der Waals surface area contributed by atoms with Crippen LogP contribution in [0.15, 0.2) is 23.8 Å². The van der Waals surface area contributed by atoms with Gasteiger partial charge in [-0.15, -0.1) is 0 Å². The lowest BCUT2D eigenvalue weighted by Crippen LogP contribution is -2.17. The fourth-order valence-corrected chi connectivity index (χ4v) is 2.63. The molecule has 0 spiro atoms. The first-order chi connectivity index (χ1) is 5.80. The van der Waals surface area contributed by atoms with E-state index in [4.69, 9.17) is 0 Å². The number of allylic oxidation sites excluding steroid dienone is 3. The number of hydrogen-bond donors (Lipinski definition) is 1. The highest BCUT2D eigenvalue weighted by Gasteiger charge is 2.49. The Labute approximate surface area is 72.8 Å². The van der Waals surface area contributed by atoms with Gasteiger partial charge in [0, 0.05) is 5.92 Å². The van der Waals surface area contributed by atoms with Gasteiger partial charge < -0.3 is 5.11 Å². The molecule has 0 unspecified atom stereocenters. The molecule has 0 aromatic rings. The molecule has 1 nitrogen and oxygen atoms in total. The molecule has 0 saturated heterocycles. The summed E-state index contributed by atoms with van der Waals surface area (Å²) in [6, 6.07) is 0. The van der Waals surface area contributed by atoms with Crippen molar-refractivity contribution in [2.75, 3.05) is 0 Å². The van der Waals surface area contributed by atoms with E-state index in [1.54, 1.807) is 0 Å². The molecular formula is C11H14O. The molecule has 2 atom stereocenters. The molecular weight excluding hydrogens is 148 g/mol. The molecule has 0 aliphatic heterocycles. The van der Waals surface area contributed by atoms with Gasteiger partial charge in [0.1, 0.15) is 0 Å². The summed E-state index contributed by atoms with van der Waals surface area (Å²) < 4.78 is 0. The van der Waals surface area contributed by atoms with E-state index in [1.807, 2.05) is 0 Å². The Morgan fingerprint density at radius 2 is 2.17 bits per heavy atom. The van der Waals surface area contributed by atoms with Crippen LogP contribution in [0.4, 0.5) is 0 Å². The van der Waals surface area contributed by atoms with Crippen molar-refractivity contribution >= 4 is 0 Å². The van der Waals surface area contributed by atoms with Crippen molar-refractivity contribution in [1.82, 2.24) is 0 Å². The Kier molecular flexibility index (Phi) is 1.16. The fourth-order valence-electron chi connectivity index (χ4n) is 2.63. The second-order valence-corrected chi connectivity index (χ2v) is 4.38. The monoisotopic (exact) mass is 162 g/mol. The van der Waals surface area contributed by atoms with Crippen LogP contribution >= 0.6 is 0 Å². The van der Waals surface area contributed by atoms with Crippen LogP contribution in [0.5, 0.6) is 0 Å².